The standard InChI is InChI=1S/C26H26N4O2S2/c1-33-13-9-24(26(31)32)29-23-8-7-19(16-22(23)20-5-3-2-4-6-20)15-21(25-28-11-14-34-25)17-30-12-10-27-18-30/h2-8,10-12,14-16,18,24,29H,9,13,17H2,1H3,(H,31,32)/b21-15-/t24-/m0/s1. The van der Waals surface area contributed by atoms with Crippen molar-refractivity contribution in [3.63, 3.8) is 0 Å². The summed E-state index contributed by atoms with van der Waals surface area (Å²) in [5.41, 5.74) is 4.90. The number of aromatic nitrogens is 3. The lowest BCUT2D eigenvalue weighted by atomic mass is 9.99. The molecule has 0 saturated carbocycles. The first-order valence-corrected chi connectivity index (χ1v) is 13.2. The molecular formula is C26H26N4O2S2. The van der Waals surface area contributed by atoms with Gasteiger partial charge < -0.3 is 15.0 Å². The SMILES string of the molecule is CSCC[C@H](Nc1ccc(/C=C(/Cn2ccnc2)c2nccs2)cc1-c1ccccc1)C(=O)O. The van der Waals surface area contributed by atoms with Crippen LogP contribution in [0.3, 0.4) is 0 Å². The third-order valence-electron chi connectivity index (χ3n) is 5.33. The Kier molecular flexibility index (Phi) is 8.17. The second-order valence-electron chi connectivity index (χ2n) is 7.73. The molecule has 1 atom stereocenters. The molecule has 2 aromatic heterocycles. The van der Waals surface area contributed by atoms with Gasteiger partial charge >= 0.3 is 5.97 Å². The highest BCUT2D eigenvalue weighted by atomic mass is 32.2. The number of imidazole rings is 1. The van der Waals surface area contributed by atoms with Crippen LogP contribution in [0.4, 0.5) is 5.69 Å². The van der Waals surface area contributed by atoms with E-state index in [9.17, 15) is 9.90 Å². The van der Waals surface area contributed by atoms with Crippen LogP contribution in [0.1, 0.15) is 17.0 Å². The molecule has 0 aliphatic rings. The molecule has 8 heteroatoms. The van der Waals surface area contributed by atoms with Crippen molar-refractivity contribution in [3.05, 3.63) is 89.4 Å². The van der Waals surface area contributed by atoms with Gasteiger partial charge in [0.05, 0.1) is 12.9 Å². The lowest BCUT2D eigenvalue weighted by Gasteiger charge is -2.19. The van der Waals surface area contributed by atoms with E-state index in [2.05, 4.69) is 27.4 Å². The molecule has 0 spiro atoms. The fourth-order valence-electron chi connectivity index (χ4n) is 3.65. The van der Waals surface area contributed by atoms with Crippen LogP contribution in [0.2, 0.25) is 0 Å². The summed E-state index contributed by atoms with van der Waals surface area (Å²) in [5, 5.41) is 15.9. The maximum absolute atomic E-state index is 11.9. The molecule has 2 aromatic carbocycles. The Morgan fingerprint density at radius 1 is 1.24 bits per heavy atom. The summed E-state index contributed by atoms with van der Waals surface area (Å²) >= 11 is 3.25. The van der Waals surface area contributed by atoms with Gasteiger partial charge in [-0.05, 0) is 47.8 Å². The molecule has 0 fully saturated rings. The van der Waals surface area contributed by atoms with Crippen molar-refractivity contribution in [2.24, 2.45) is 0 Å². The number of aliphatic carboxylic acids is 1. The Bertz CT molecular complexity index is 1220. The van der Waals surface area contributed by atoms with E-state index in [1.165, 1.54) is 0 Å². The lowest BCUT2D eigenvalue weighted by molar-refractivity contribution is -0.137. The normalized spacial score (nSPS) is 12.4. The second-order valence-corrected chi connectivity index (χ2v) is 9.61. The zero-order chi connectivity index (χ0) is 23.8. The van der Waals surface area contributed by atoms with Gasteiger partial charge in [0.2, 0.25) is 0 Å². The van der Waals surface area contributed by atoms with Crippen molar-refractivity contribution in [1.82, 2.24) is 14.5 Å². The highest BCUT2D eigenvalue weighted by Crippen LogP contribution is 2.32. The zero-order valence-electron chi connectivity index (χ0n) is 18.8. The summed E-state index contributed by atoms with van der Waals surface area (Å²) in [5.74, 6) is -0.0694. The number of carboxylic acids is 1. The van der Waals surface area contributed by atoms with Crippen molar-refractivity contribution in [2.45, 2.75) is 19.0 Å². The molecule has 0 aliphatic heterocycles. The van der Waals surface area contributed by atoms with E-state index >= 15 is 0 Å². The fourth-order valence-corrected chi connectivity index (χ4v) is 4.77. The molecule has 174 valence electrons. The highest BCUT2D eigenvalue weighted by Gasteiger charge is 2.19. The van der Waals surface area contributed by atoms with Crippen LogP contribution >= 0.6 is 23.1 Å². The van der Waals surface area contributed by atoms with Crippen LogP contribution in [0.15, 0.2) is 78.8 Å². The monoisotopic (exact) mass is 490 g/mol. The first-order chi connectivity index (χ1) is 16.6. The number of hydrogen-bond acceptors (Lipinski definition) is 6. The van der Waals surface area contributed by atoms with Crippen molar-refractivity contribution in [1.29, 1.82) is 0 Å². The molecule has 0 aliphatic carbocycles. The van der Waals surface area contributed by atoms with Gasteiger partial charge in [0.1, 0.15) is 11.0 Å². The van der Waals surface area contributed by atoms with Gasteiger partial charge in [-0.3, -0.25) is 0 Å². The molecule has 34 heavy (non-hydrogen) atoms. The van der Waals surface area contributed by atoms with Crippen LogP contribution in [-0.4, -0.2) is 43.7 Å². The minimum absolute atomic E-state index is 0.547. The number of benzene rings is 2. The highest BCUT2D eigenvalue weighted by molar-refractivity contribution is 7.98. The fraction of sp³-hybridized carbons (Fsp3) is 0.192. The lowest BCUT2D eigenvalue weighted by Crippen LogP contribution is -2.30. The first kappa shape index (κ1) is 23.8. The Balaban J connectivity index is 1.73. The number of carboxylic acid groups (broad SMARTS) is 1. The number of anilines is 1. The summed E-state index contributed by atoms with van der Waals surface area (Å²) < 4.78 is 2.02. The van der Waals surface area contributed by atoms with Gasteiger partial charge in [-0.1, -0.05) is 36.4 Å². The molecule has 2 N–H and O–H groups in total. The van der Waals surface area contributed by atoms with Crippen molar-refractivity contribution in [2.75, 3.05) is 17.3 Å². The number of thioether (sulfide) groups is 1. The summed E-state index contributed by atoms with van der Waals surface area (Å²) in [6.07, 6.45) is 12.0. The summed E-state index contributed by atoms with van der Waals surface area (Å²) in [6.45, 7) is 0.657. The first-order valence-electron chi connectivity index (χ1n) is 10.9. The predicted molar refractivity (Wildman–Crippen MR) is 142 cm³/mol. The smallest absolute Gasteiger partial charge is 0.326 e. The zero-order valence-corrected chi connectivity index (χ0v) is 20.4. The maximum atomic E-state index is 11.9. The van der Waals surface area contributed by atoms with Crippen LogP contribution in [0.5, 0.6) is 0 Å². The number of rotatable bonds is 11. The average molecular weight is 491 g/mol. The molecule has 6 nitrogen and oxygen atoms in total. The van der Waals surface area contributed by atoms with E-state index in [0.29, 0.717) is 13.0 Å². The number of carbonyl (C=O) groups is 1. The van der Waals surface area contributed by atoms with Crippen LogP contribution in [-0.2, 0) is 11.3 Å². The van der Waals surface area contributed by atoms with E-state index in [4.69, 9.17) is 0 Å². The number of thiazole rings is 1. The van der Waals surface area contributed by atoms with Crippen molar-refractivity contribution in [3.8, 4) is 11.1 Å². The molecule has 2 heterocycles. The Labute approximate surface area is 207 Å². The van der Waals surface area contributed by atoms with Gasteiger partial charge in [0.15, 0.2) is 0 Å². The minimum atomic E-state index is -0.844. The average Bonchev–Trinajstić information content (AvgIpc) is 3.57. The predicted octanol–water partition coefficient (Wildman–Crippen LogP) is 5.87. The van der Waals surface area contributed by atoms with Crippen molar-refractivity contribution < 1.29 is 9.90 Å². The number of hydrogen-bond donors (Lipinski definition) is 2. The summed E-state index contributed by atoms with van der Waals surface area (Å²) in [7, 11) is 0. The van der Waals surface area contributed by atoms with Crippen LogP contribution < -0.4 is 5.32 Å². The molecule has 0 bridgehead atoms. The quantitative estimate of drug-likeness (QED) is 0.274. The topological polar surface area (TPSA) is 80.0 Å². The molecule has 0 amide bonds. The number of nitrogens with zero attached hydrogens (tertiary/aromatic N) is 3. The second kappa shape index (κ2) is 11.7. The Hall–Kier alpha value is -3.36. The van der Waals surface area contributed by atoms with E-state index < -0.39 is 12.0 Å². The molecule has 0 radical (unpaired) electrons. The largest absolute Gasteiger partial charge is 0.480 e. The number of nitrogens with one attached hydrogen (secondary N) is 1. The maximum Gasteiger partial charge on any atom is 0.326 e. The van der Waals surface area contributed by atoms with E-state index in [-0.39, 0.29) is 0 Å². The number of allylic oxidation sites excluding steroid dienone is 1. The van der Waals surface area contributed by atoms with Gasteiger partial charge in [-0.25, -0.2) is 14.8 Å². The third-order valence-corrected chi connectivity index (χ3v) is 6.82. The van der Waals surface area contributed by atoms with E-state index in [1.807, 2.05) is 71.1 Å². The Morgan fingerprint density at radius 2 is 2.09 bits per heavy atom. The van der Waals surface area contributed by atoms with Gasteiger partial charge in [-0.15, -0.1) is 11.3 Å². The minimum Gasteiger partial charge on any atom is -0.480 e. The van der Waals surface area contributed by atoms with Gasteiger partial charge in [0, 0.05) is 40.8 Å². The van der Waals surface area contributed by atoms with Gasteiger partial charge in [-0.2, -0.15) is 11.8 Å². The van der Waals surface area contributed by atoms with Gasteiger partial charge in [0.25, 0.3) is 0 Å². The summed E-state index contributed by atoms with van der Waals surface area (Å²) in [4.78, 5) is 20.5. The molecule has 4 rings (SSSR count). The van der Waals surface area contributed by atoms with E-state index in [0.717, 1.165) is 38.7 Å². The van der Waals surface area contributed by atoms with E-state index in [1.54, 1.807) is 35.6 Å². The summed E-state index contributed by atoms with van der Waals surface area (Å²) in [6, 6.07) is 15.5. The Morgan fingerprint density at radius 3 is 2.76 bits per heavy atom. The van der Waals surface area contributed by atoms with Crippen LogP contribution in [0, 0.1) is 0 Å². The molecule has 0 saturated heterocycles. The van der Waals surface area contributed by atoms with Crippen LogP contribution in [0.25, 0.3) is 22.8 Å². The molecular weight excluding hydrogens is 464 g/mol. The van der Waals surface area contributed by atoms with Crippen molar-refractivity contribution >= 4 is 46.4 Å². The molecule has 4 aromatic rings. The molecule has 0 unspecified atom stereocenters. The third kappa shape index (κ3) is 6.15.